The summed E-state index contributed by atoms with van der Waals surface area (Å²) in [4.78, 5) is 29.6. The maximum atomic E-state index is 13.2. The lowest BCUT2D eigenvalue weighted by atomic mass is 9.89. The molecule has 3 rings (SSSR count). The molecule has 2 aliphatic heterocycles. The molecule has 0 saturated carbocycles. The van der Waals surface area contributed by atoms with Gasteiger partial charge in [0.15, 0.2) is 0 Å². The number of benzene rings is 1. The van der Waals surface area contributed by atoms with Gasteiger partial charge < -0.3 is 9.80 Å². The van der Waals surface area contributed by atoms with Crippen molar-refractivity contribution in [2.24, 2.45) is 5.92 Å². The van der Waals surface area contributed by atoms with E-state index in [0.717, 1.165) is 37.1 Å². The highest BCUT2D eigenvalue weighted by Crippen LogP contribution is 2.34. The Balaban J connectivity index is 1.95. The molecule has 0 bridgehead atoms. The van der Waals surface area contributed by atoms with Gasteiger partial charge in [-0.1, -0.05) is 31.2 Å². The van der Waals surface area contributed by atoms with Crippen LogP contribution in [0.1, 0.15) is 50.8 Å². The van der Waals surface area contributed by atoms with Gasteiger partial charge in [-0.2, -0.15) is 0 Å². The van der Waals surface area contributed by atoms with Crippen molar-refractivity contribution >= 4 is 11.8 Å². The fourth-order valence-electron chi connectivity index (χ4n) is 3.75. The van der Waals surface area contributed by atoms with Gasteiger partial charge in [0.1, 0.15) is 6.04 Å². The number of nitrogens with zero attached hydrogens (tertiary/aromatic N) is 2. The normalized spacial score (nSPS) is 22.4. The molecule has 1 aromatic carbocycles. The summed E-state index contributed by atoms with van der Waals surface area (Å²) in [5.41, 5.74) is 2.00. The minimum atomic E-state index is -0.458. The van der Waals surface area contributed by atoms with Crippen molar-refractivity contribution in [3.05, 3.63) is 35.4 Å². The number of carbonyl (C=O) groups is 2. The Bertz CT molecular complexity index is 603. The lowest BCUT2D eigenvalue weighted by Crippen LogP contribution is -2.52. The smallest absolute Gasteiger partial charge is 0.250 e. The Hall–Kier alpha value is -1.84. The maximum Gasteiger partial charge on any atom is 0.250 e. The van der Waals surface area contributed by atoms with Crippen molar-refractivity contribution in [1.29, 1.82) is 0 Å². The van der Waals surface area contributed by atoms with Crippen LogP contribution in [0.2, 0.25) is 0 Å². The summed E-state index contributed by atoms with van der Waals surface area (Å²) in [5.74, 6) is 0.828. The summed E-state index contributed by atoms with van der Waals surface area (Å²) < 4.78 is 0. The lowest BCUT2D eigenvalue weighted by Gasteiger charge is -2.42. The van der Waals surface area contributed by atoms with Crippen molar-refractivity contribution in [2.75, 3.05) is 13.1 Å². The summed E-state index contributed by atoms with van der Waals surface area (Å²) >= 11 is 0. The number of rotatable bonds is 2. The third-order valence-corrected chi connectivity index (χ3v) is 5.14. The van der Waals surface area contributed by atoms with Crippen molar-refractivity contribution in [3.63, 3.8) is 0 Å². The predicted molar refractivity (Wildman–Crippen MR) is 89.8 cm³/mol. The van der Waals surface area contributed by atoms with E-state index in [1.807, 2.05) is 43.0 Å². The zero-order valence-corrected chi connectivity index (χ0v) is 14.3. The quantitative estimate of drug-likeness (QED) is 0.842. The van der Waals surface area contributed by atoms with E-state index in [1.165, 1.54) is 0 Å². The van der Waals surface area contributed by atoms with Gasteiger partial charge in [0.2, 0.25) is 11.8 Å². The third-order valence-electron chi connectivity index (χ3n) is 5.14. The van der Waals surface area contributed by atoms with Gasteiger partial charge >= 0.3 is 0 Å². The van der Waals surface area contributed by atoms with Crippen LogP contribution in [0.25, 0.3) is 0 Å². The maximum absolute atomic E-state index is 13.2. The molecule has 0 N–H and O–H groups in total. The zero-order valence-electron chi connectivity index (χ0n) is 14.3. The second kappa shape index (κ2) is 6.34. The Morgan fingerprint density at radius 2 is 1.83 bits per heavy atom. The second-order valence-corrected chi connectivity index (χ2v) is 7.18. The Morgan fingerprint density at radius 3 is 2.48 bits per heavy atom. The Morgan fingerprint density at radius 1 is 1.17 bits per heavy atom. The topological polar surface area (TPSA) is 40.6 Å². The van der Waals surface area contributed by atoms with Crippen LogP contribution in [0, 0.1) is 5.92 Å². The van der Waals surface area contributed by atoms with Crippen LogP contribution < -0.4 is 0 Å². The number of hydrogen-bond donors (Lipinski definition) is 0. The second-order valence-electron chi connectivity index (χ2n) is 7.18. The van der Waals surface area contributed by atoms with E-state index in [-0.39, 0.29) is 17.9 Å². The molecular formula is C19H26N2O2. The van der Waals surface area contributed by atoms with Crippen LogP contribution in [0.4, 0.5) is 0 Å². The number of fused-ring (bicyclic) bond motifs is 1. The molecule has 2 aliphatic rings. The molecule has 1 saturated heterocycles. The van der Waals surface area contributed by atoms with Gasteiger partial charge in [0.25, 0.3) is 0 Å². The number of hydrogen-bond acceptors (Lipinski definition) is 2. The molecule has 0 radical (unpaired) electrons. The fourth-order valence-corrected chi connectivity index (χ4v) is 3.75. The molecule has 4 nitrogen and oxygen atoms in total. The molecule has 124 valence electrons. The molecule has 0 spiro atoms. The van der Waals surface area contributed by atoms with Crippen molar-refractivity contribution in [2.45, 2.75) is 52.1 Å². The summed E-state index contributed by atoms with van der Waals surface area (Å²) in [7, 11) is 0. The fraction of sp³-hybridized carbons (Fsp3) is 0.579. The summed E-state index contributed by atoms with van der Waals surface area (Å²) in [6.45, 7) is 7.83. The number of carbonyl (C=O) groups excluding carboxylic acids is 2. The van der Waals surface area contributed by atoms with E-state index in [9.17, 15) is 9.59 Å². The molecule has 2 heterocycles. The molecule has 1 atom stereocenters. The van der Waals surface area contributed by atoms with Crippen LogP contribution >= 0.6 is 0 Å². The van der Waals surface area contributed by atoms with Gasteiger partial charge in [-0.25, -0.2) is 0 Å². The summed E-state index contributed by atoms with van der Waals surface area (Å²) in [6.07, 6.45) is 2.50. The molecule has 1 fully saturated rings. The van der Waals surface area contributed by atoms with E-state index in [4.69, 9.17) is 0 Å². The lowest BCUT2D eigenvalue weighted by molar-refractivity contribution is -0.149. The molecule has 2 amide bonds. The standard InChI is InChI=1S/C19H26N2O2/c1-13(2)21-17(22)12-15-6-4-5-7-16(15)18(21)19(23)20-10-8-14(3)9-11-20/h4-7,13-14,18H,8-12H2,1-3H3/t18-/m1/s1. The van der Waals surface area contributed by atoms with Gasteiger partial charge in [0, 0.05) is 19.1 Å². The van der Waals surface area contributed by atoms with E-state index in [1.54, 1.807) is 4.90 Å². The average Bonchev–Trinajstić information content (AvgIpc) is 2.53. The van der Waals surface area contributed by atoms with Crippen LogP contribution in [-0.4, -0.2) is 40.7 Å². The van der Waals surface area contributed by atoms with Crippen LogP contribution in [-0.2, 0) is 16.0 Å². The highest BCUT2D eigenvalue weighted by Gasteiger charge is 2.40. The first-order valence-electron chi connectivity index (χ1n) is 8.66. The van der Waals surface area contributed by atoms with Crippen molar-refractivity contribution < 1.29 is 9.59 Å². The highest BCUT2D eigenvalue weighted by molar-refractivity contribution is 5.92. The highest BCUT2D eigenvalue weighted by atomic mass is 16.2. The molecular weight excluding hydrogens is 288 g/mol. The van der Waals surface area contributed by atoms with Gasteiger partial charge in [-0.05, 0) is 43.7 Å². The number of piperidine rings is 1. The first kappa shape index (κ1) is 16.0. The minimum absolute atomic E-state index is 0.0218. The molecule has 0 aliphatic carbocycles. The van der Waals surface area contributed by atoms with E-state index < -0.39 is 6.04 Å². The molecule has 23 heavy (non-hydrogen) atoms. The minimum Gasteiger partial charge on any atom is -0.341 e. The molecule has 1 aromatic rings. The van der Waals surface area contributed by atoms with Crippen LogP contribution in [0.3, 0.4) is 0 Å². The summed E-state index contributed by atoms with van der Waals surface area (Å²) in [6, 6.07) is 7.46. The first-order chi connectivity index (χ1) is 11.0. The van der Waals surface area contributed by atoms with E-state index in [2.05, 4.69) is 6.92 Å². The average molecular weight is 314 g/mol. The van der Waals surface area contributed by atoms with Gasteiger partial charge in [-0.3, -0.25) is 9.59 Å². The predicted octanol–water partition coefficient (Wildman–Crippen LogP) is 2.78. The van der Waals surface area contributed by atoms with Gasteiger partial charge in [-0.15, -0.1) is 0 Å². The van der Waals surface area contributed by atoms with Gasteiger partial charge in [0.05, 0.1) is 6.42 Å². The van der Waals surface area contributed by atoms with E-state index >= 15 is 0 Å². The SMILES string of the molecule is CC1CCN(C(=O)[C@H]2c3ccccc3CC(=O)N2C(C)C)CC1. The first-order valence-corrected chi connectivity index (χ1v) is 8.66. The number of likely N-dealkylation sites (tertiary alicyclic amines) is 1. The molecule has 0 aromatic heterocycles. The zero-order chi connectivity index (χ0) is 16.6. The monoisotopic (exact) mass is 314 g/mol. The van der Waals surface area contributed by atoms with Crippen molar-refractivity contribution in [1.82, 2.24) is 9.80 Å². The Kier molecular flexibility index (Phi) is 4.42. The molecule has 0 unspecified atom stereocenters. The summed E-state index contributed by atoms with van der Waals surface area (Å²) in [5, 5.41) is 0. The van der Waals surface area contributed by atoms with Crippen LogP contribution in [0.15, 0.2) is 24.3 Å². The van der Waals surface area contributed by atoms with Crippen LogP contribution in [0.5, 0.6) is 0 Å². The van der Waals surface area contributed by atoms with E-state index in [0.29, 0.717) is 12.3 Å². The largest absolute Gasteiger partial charge is 0.341 e. The third kappa shape index (κ3) is 2.99. The van der Waals surface area contributed by atoms with Crippen molar-refractivity contribution in [3.8, 4) is 0 Å². The Labute approximate surface area is 138 Å². The molecule has 4 heteroatoms. The number of amides is 2.